The Hall–Kier alpha value is -2.65. The fraction of sp³-hybridized carbons (Fsp3) is 0.391. The van der Waals surface area contributed by atoms with Crippen LogP contribution in [0.15, 0.2) is 29.4 Å². The van der Waals surface area contributed by atoms with E-state index < -0.39 is 11.7 Å². The Balaban J connectivity index is 1.80. The molecule has 0 saturated heterocycles. The molecular formula is C23H27ClFN5O2S. The third-order valence-electron chi connectivity index (χ3n) is 5.16. The standard InChI is InChI=1S/C23H27ClFN5O2S/c1-13(2)11-29-22(8-7-21(26)32)27-28-23(29)33-12-20(31)17-9-14(3)30(15(17)4)16-5-6-19(25)18(24)10-16/h5-6,9-10,13H,7-8,11-12H2,1-4H3,(H2,26,32). The van der Waals surface area contributed by atoms with Crippen LogP contribution in [0.3, 0.4) is 0 Å². The van der Waals surface area contributed by atoms with Gasteiger partial charge >= 0.3 is 0 Å². The van der Waals surface area contributed by atoms with E-state index in [1.54, 1.807) is 12.1 Å². The number of Topliss-reactive ketones (excluding diaryl/α,β-unsaturated/α-hetero) is 1. The predicted molar refractivity (Wildman–Crippen MR) is 128 cm³/mol. The molecule has 0 radical (unpaired) electrons. The fourth-order valence-electron chi connectivity index (χ4n) is 3.67. The summed E-state index contributed by atoms with van der Waals surface area (Å²) < 4.78 is 17.4. The van der Waals surface area contributed by atoms with Gasteiger partial charge in [0, 0.05) is 42.0 Å². The SMILES string of the molecule is Cc1cc(C(=O)CSc2nnc(CCC(N)=O)n2CC(C)C)c(C)n1-c1ccc(F)c(Cl)c1. The maximum Gasteiger partial charge on any atom is 0.217 e. The van der Waals surface area contributed by atoms with Gasteiger partial charge in [-0.3, -0.25) is 9.59 Å². The molecule has 0 bridgehead atoms. The normalized spacial score (nSPS) is 11.4. The Bertz CT molecular complexity index is 1190. The van der Waals surface area contributed by atoms with Gasteiger partial charge in [-0.15, -0.1) is 10.2 Å². The monoisotopic (exact) mass is 491 g/mol. The first-order valence-electron chi connectivity index (χ1n) is 10.6. The van der Waals surface area contributed by atoms with Crippen molar-refractivity contribution in [2.75, 3.05) is 5.75 Å². The van der Waals surface area contributed by atoms with Crippen LogP contribution in [0.2, 0.25) is 5.02 Å². The number of aromatic nitrogens is 4. The molecule has 10 heteroatoms. The molecule has 0 aliphatic heterocycles. The molecule has 1 aromatic carbocycles. The molecule has 1 amide bonds. The molecule has 0 fully saturated rings. The summed E-state index contributed by atoms with van der Waals surface area (Å²) in [5.41, 5.74) is 8.16. The van der Waals surface area contributed by atoms with E-state index in [-0.39, 0.29) is 23.0 Å². The lowest BCUT2D eigenvalue weighted by Gasteiger charge is -2.12. The summed E-state index contributed by atoms with van der Waals surface area (Å²) in [6.07, 6.45) is 0.601. The molecule has 7 nitrogen and oxygen atoms in total. The zero-order chi connectivity index (χ0) is 24.3. The number of thioether (sulfide) groups is 1. The fourth-order valence-corrected chi connectivity index (χ4v) is 4.69. The molecule has 0 saturated carbocycles. The smallest absolute Gasteiger partial charge is 0.217 e. The number of rotatable bonds is 10. The number of aryl methyl sites for hydroxylation is 2. The van der Waals surface area contributed by atoms with Gasteiger partial charge < -0.3 is 14.9 Å². The number of nitrogens with two attached hydrogens (primary N) is 1. The minimum Gasteiger partial charge on any atom is -0.370 e. The highest BCUT2D eigenvalue weighted by Crippen LogP contribution is 2.27. The van der Waals surface area contributed by atoms with E-state index in [0.29, 0.717) is 41.1 Å². The van der Waals surface area contributed by atoms with E-state index in [9.17, 15) is 14.0 Å². The molecule has 33 heavy (non-hydrogen) atoms. The van der Waals surface area contributed by atoms with Crippen molar-refractivity contribution < 1.29 is 14.0 Å². The Kier molecular flexibility index (Phi) is 7.97. The predicted octanol–water partition coefficient (Wildman–Crippen LogP) is 4.53. The summed E-state index contributed by atoms with van der Waals surface area (Å²) in [7, 11) is 0. The van der Waals surface area contributed by atoms with Crippen LogP contribution in [0, 0.1) is 25.6 Å². The molecule has 3 rings (SSSR count). The number of hydrogen-bond acceptors (Lipinski definition) is 5. The first kappa shape index (κ1) is 25.0. The molecule has 0 aliphatic rings. The Morgan fingerprint density at radius 1 is 1.21 bits per heavy atom. The average molecular weight is 492 g/mol. The summed E-state index contributed by atoms with van der Waals surface area (Å²) in [5.74, 6) is 0.270. The largest absolute Gasteiger partial charge is 0.370 e. The Morgan fingerprint density at radius 3 is 2.58 bits per heavy atom. The van der Waals surface area contributed by atoms with Crippen molar-refractivity contribution in [2.24, 2.45) is 11.7 Å². The third kappa shape index (κ3) is 5.83. The van der Waals surface area contributed by atoms with E-state index in [2.05, 4.69) is 24.0 Å². The average Bonchev–Trinajstić information content (AvgIpc) is 3.26. The number of carbonyl (C=O) groups is 2. The van der Waals surface area contributed by atoms with Crippen LogP contribution >= 0.6 is 23.4 Å². The van der Waals surface area contributed by atoms with Crippen molar-refractivity contribution in [2.45, 2.75) is 52.2 Å². The number of nitrogens with zero attached hydrogens (tertiary/aromatic N) is 4. The van der Waals surface area contributed by atoms with Crippen LogP contribution in [-0.2, 0) is 17.8 Å². The highest BCUT2D eigenvalue weighted by Gasteiger charge is 2.20. The number of benzene rings is 1. The Labute approximate surface area is 201 Å². The number of amides is 1. The summed E-state index contributed by atoms with van der Waals surface area (Å²) in [5, 5.41) is 9.11. The van der Waals surface area contributed by atoms with Crippen LogP contribution in [-0.4, -0.2) is 36.8 Å². The van der Waals surface area contributed by atoms with Gasteiger partial charge in [-0.2, -0.15) is 0 Å². The van der Waals surface area contributed by atoms with Crippen LogP contribution < -0.4 is 5.73 Å². The highest BCUT2D eigenvalue weighted by atomic mass is 35.5. The van der Waals surface area contributed by atoms with Crippen molar-refractivity contribution in [3.8, 4) is 5.69 Å². The van der Waals surface area contributed by atoms with E-state index in [4.69, 9.17) is 17.3 Å². The van der Waals surface area contributed by atoms with Crippen LogP contribution in [0.4, 0.5) is 4.39 Å². The molecule has 0 spiro atoms. The van der Waals surface area contributed by atoms with Crippen molar-refractivity contribution in [3.05, 3.63) is 57.9 Å². The van der Waals surface area contributed by atoms with Gasteiger partial charge in [-0.1, -0.05) is 37.2 Å². The van der Waals surface area contributed by atoms with Crippen LogP contribution in [0.1, 0.15) is 47.8 Å². The molecular weight excluding hydrogens is 465 g/mol. The number of hydrogen-bond donors (Lipinski definition) is 1. The van der Waals surface area contributed by atoms with Crippen molar-refractivity contribution in [1.82, 2.24) is 19.3 Å². The summed E-state index contributed by atoms with van der Waals surface area (Å²) in [6.45, 7) is 8.57. The Morgan fingerprint density at radius 2 is 1.94 bits per heavy atom. The second-order valence-corrected chi connectivity index (χ2v) is 9.65. The van der Waals surface area contributed by atoms with E-state index >= 15 is 0 Å². The van der Waals surface area contributed by atoms with Gasteiger partial charge in [-0.25, -0.2) is 4.39 Å². The summed E-state index contributed by atoms with van der Waals surface area (Å²) in [4.78, 5) is 24.2. The van der Waals surface area contributed by atoms with Crippen LogP contribution in [0.25, 0.3) is 5.69 Å². The zero-order valence-electron chi connectivity index (χ0n) is 19.1. The summed E-state index contributed by atoms with van der Waals surface area (Å²) in [6, 6.07) is 6.31. The molecule has 2 aromatic heterocycles. The maximum atomic E-state index is 13.6. The van der Waals surface area contributed by atoms with Gasteiger partial charge in [0.2, 0.25) is 5.91 Å². The lowest BCUT2D eigenvalue weighted by molar-refractivity contribution is -0.118. The molecule has 3 aromatic rings. The van der Waals surface area contributed by atoms with Gasteiger partial charge in [0.15, 0.2) is 10.9 Å². The third-order valence-corrected chi connectivity index (χ3v) is 6.42. The van der Waals surface area contributed by atoms with Crippen LogP contribution in [0.5, 0.6) is 0 Å². The van der Waals surface area contributed by atoms with E-state index in [1.165, 1.54) is 17.8 Å². The number of halogens is 2. The molecule has 2 heterocycles. The number of primary amides is 1. The first-order chi connectivity index (χ1) is 15.6. The minimum atomic E-state index is -0.490. The van der Waals surface area contributed by atoms with Crippen molar-refractivity contribution >= 4 is 35.1 Å². The lowest BCUT2D eigenvalue weighted by Crippen LogP contribution is -2.15. The second kappa shape index (κ2) is 10.5. The number of carbonyl (C=O) groups excluding carboxylic acids is 2. The highest BCUT2D eigenvalue weighted by molar-refractivity contribution is 7.99. The number of ketones is 1. The topological polar surface area (TPSA) is 95.8 Å². The minimum absolute atomic E-state index is 0.0278. The molecule has 176 valence electrons. The molecule has 0 atom stereocenters. The first-order valence-corrected chi connectivity index (χ1v) is 12.0. The quantitative estimate of drug-likeness (QED) is 0.332. The van der Waals surface area contributed by atoms with Crippen molar-refractivity contribution in [3.63, 3.8) is 0 Å². The van der Waals surface area contributed by atoms with Gasteiger partial charge in [0.05, 0.1) is 10.8 Å². The van der Waals surface area contributed by atoms with Crippen molar-refractivity contribution in [1.29, 1.82) is 0 Å². The lowest BCUT2D eigenvalue weighted by atomic mass is 10.2. The zero-order valence-corrected chi connectivity index (χ0v) is 20.6. The van der Waals surface area contributed by atoms with E-state index in [1.807, 2.05) is 29.0 Å². The summed E-state index contributed by atoms with van der Waals surface area (Å²) >= 11 is 7.26. The molecule has 0 unspecified atom stereocenters. The van der Waals surface area contributed by atoms with Gasteiger partial charge in [0.1, 0.15) is 11.6 Å². The van der Waals surface area contributed by atoms with Gasteiger partial charge in [-0.05, 0) is 44.0 Å². The second-order valence-electron chi connectivity index (χ2n) is 8.30. The van der Waals surface area contributed by atoms with E-state index in [0.717, 1.165) is 11.4 Å². The molecule has 2 N–H and O–H groups in total. The van der Waals surface area contributed by atoms with Gasteiger partial charge in [0.25, 0.3) is 0 Å². The molecule has 0 aliphatic carbocycles. The maximum absolute atomic E-state index is 13.6.